The second kappa shape index (κ2) is 7.40. The Morgan fingerprint density at radius 2 is 2.18 bits per heavy atom. The minimum Gasteiger partial charge on any atom is -0.474 e. The van der Waals surface area contributed by atoms with Gasteiger partial charge in [0.05, 0.1) is 23.9 Å². The van der Waals surface area contributed by atoms with Crippen LogP contribution in [0.3, 0.4) is 0 Å². The predicted molar refractivity (Wildman–Crippen MR) is 126 cm³/mol. The minimum absolute atomic E-state index is 0.0650. The molecule has 2 saturated heterocycles. The molecule has 0 radical (unpaired) electrons. The van der Waals surface area contributed by atoms with Crippen molar-refractivity contribution in [3.05, 3.63) is 46.5 Å². The molecule has 2 aliphatic heterocycles. The Morgan fingerprint density at radius 1 is 1.38 bits per heavy atom. The van der Waals surface area contributed by atoms with Gasteiger partial charge in [0.25, 0.3) is 11.5 Å². The van der Waals surface area contributed by atoms with Crippen molar-refractivity contribution in [2.75, 3.05) is 11.9 Å². The zero-order chi connectivity index (χ0) is 23.7. The predicted octanol–water partition coefficient (Wildman–Crippen LogP) is 3.64. The third-order valence-corrected chi connectivity index (χ3v) is 7.34. The van der Waals surface area contributed by atoms with E-state index < -0.39 is 5.91 Å². The summed E-state index contributed by atoms with van der Waals surface area (Å²) in [6.07, 6.45) is 8.14. The summed E-state index contributed by atoms with van der Waals surface area (Å²) in [7, 11) is 0. The largest absolute Gasteiger partial charge is 0.474 e. The molecule has 5 heterocycles. The number of rotatable bonds is 7. The molecule has 7 rings (SSSR count). The number of hydrogen-bond acceptors (Lipinski definition) is 6. The molecule has 1 N–H and O–H groups in total. The molecule has 2 aliphatic carbocycles. The van der Waals surface area contributed by atoms with Gasteiger partial charge in [-0.3, -0.25) is 14.3 Å². The fourth-order valence-corrected chi connectivity index (χ4v) is 5.23. The lowest BCUT2D eigenvalue weighted by Gasteiger charge is -2.42. The molecule has 3 aromatic rings. The minimum atomic E-state index is -0.426. The van der Waals surface area contributed by atoms with Crippen LogP contribution in [0.15, 0.2) is 35.4 Å². The summed E-state index contributed by atoms with van der Waals surface area (Å²) in [4.78, 5) is 30.8. The number of pyridine rings is 2. The Hall–Kier alpha value is -3.20. The summed E-state index contributed by atoms with van der Waals surface area (Å²) < 4.78 is 15.6. The van der Waals surface area contributed by atoms with Gasteiger partial charge in [-0.2, -0.15) is 10.1 Å². The fourth-order valence-electron chi connectivity index (χ4n) is 5.23. The van der Waals surface area contributed by atoms with E-state index in [-0.39, 0.29) is 46.0 Å². The van der Waals surface area contributed by atoms with Crippen LogP contribution in [-0.4, -0.2) is 43.6 Å². The molecule has 3 aromatic heterocycles. The lowest BCUT2D eigenvalue weighted by atomic mass is 9.69. The van der Waals surface area contributed by atoms with Gasteiger partial charge in [0, 0.05) is 36.7 Å². The van der Waals surface area contributed by atoms with Gasteiger partial charge in [-0.1, -0.05) is 6.92 Å². The highest BCUT2D eigenvalue weighted by molar-refractivity contribution is 6.07. The smallest absolute Gasteiger partial charge is 0.274 e. The Labute approximate surface area is 197 Å². The third kappa shape index (κ3) is 3.41. The molecule has 1 unspecified atom stereocenters. The van der Waals surface area contributed by atoms with Gasteiger partial charge in [-0.25, -0.2) is 0 Å². The molecule has 0 aromatic carbocycles. The SMILES string of the molecule is CCC(C)Oc1nc2nn(C34COC(C)(C3)C4)cc2cc1C(=O)Nc1cccn(C2CC2)c1=O. The van der Waals surface area contributed by atoms with Crippen LogP contribution in [0.4, 0.5) is 5.69 Å². The van der Waals surface area contributed by atoms with Crippen molar-refractivity contribution in [2.24, 2.45) is 0 Å². The van der Waals surface area contributed by atoms with Gasteiger partial charge >= 0.3 is 0 Å². The lowest BCUT2D eigenvalue weighted by Crippen LogP contribution is -2.49. The first kappa shape index (κ1) is 21.3. The van der Waals surface area contributed by atoms with E-state index in [1.165, 1.54) is 0 Å². The first-order chi connectivity index (χ1) is 16.3. The summed E-state index contributed by atoms with van der Waals surface area (Å²) >= 11 is 0. The normalized spacial score (nSPS) is 26.3. The topological polar surface area (TPSA) is 100 Å². The molecule has 4 fully saturated rings. The number of hydrogen-bond donors (Lipinski definition) is 1. The van der Waals surface area contributed by atoms with E-state index in [4.69, 9.17) is 14.6 Å². The van der Waals surface area contributed by atoms with Crippen LogP contribution in [0, 0.1) is 0 Å². The van der Waals surface area contributed by atoms with E-state index in [2.05, 4.69) is 17.2 Å². The van der Waals surface area contributed by atoms with Gasteiger partial charge in [0.15, 0.2) is 5.65 Å². The Bertz CT molecular complexity index is 1350. The standard InChI is InChI=1S/C25H29N5O4/c1-4-15(2)34-22-18(21(31)26-19-6-5-9-29(23(19)32)17-7-8-17)10-16-11-30(28-20(16)27-22)25-12-24(3,13-25)33-14-25/h5-6,9-11,15,17H,4,7-8,12-14H2,1-3H3,(H,26,31). The van der Waals surface area contributed by atoms with E-state index >= 15 is 0 Å². The van der Waals surface area contributed by atoms with Crippen molar-refractivity contribution in [1.82, 2.24) is 19.3 Å². The van der Waals surface area contributed by atoms with Crippen LogP contribution in [0.1, 0.15) is 69.3 Å². The third-order valence-electron chi connectivity index (χ3n) is 7.34. The quantitative estimate of drug-likeness (QED) is 0.574. The van der Waals surface area contributed by atoms with E-state index in [0.717, 1.165) is 37.5 Å². The van der Waals surface area contributed by atoms with Crippen molar-refractivity contribution in [3.8, 4) is 5.88 Å². The van der Waals surface area contributed by atoms with Crippen molar-refractivity contribution in [2.45, 2.75) is 76.2 Å². The van der Waals surface area contributed by atoms with Crippen LogP contribution in [0.25, 0.3) is 11.0 Å². The van der Waals surface area contributed by atoms with Gasteiger partial charge in [0.2, 0.25) is 5.88 Å². The average Bonchev–Trinajstić information content (AvgIpc) is 3.33. The zero-order valence-electron chi connectivity index (χ0n) is 19.7. The van der Waals surface area contributed by atoms with Gasteiger partial charge in [0.1, 0.15) is 11.3 Å². The van der Waals surface area contributed by atoms with Gasteiger partial charge in [-0.15, -0.1) is 0 Å². The number of nitrogens with zero attached hydrogens (tertiary/aromatic N) is 4. The molecule has 4 aliphatic rings. The number of amides is 1. The molecule has 1 amide bonds. The maximum absolute atomic E-state index is 13.3. The Kier molecular flexibility index (Phi) is 4.64. The number of anilines is 1. The maximum Gasteiger partial charge on any atom is 0.274 e. The molecule has 2 bridgehead atoms. The van der Waals surface area contributed by atoms with Gasteiger partial charge < -0.3 is 19.4 Å². The molecule has 0 spiro atoms. The molecular formula is C25H29N5O4. The first-order valence-electron chi connectivity index (χ1n) is 12.0. The van der Waals surface area contributed by atoms with E-state index in [1.807, 2.05) is 24.7 Å². The molecule has 9 heteroatoms. The van der Waals surface area contributed by atoms with Crippen molar-refractivity contribution < 1.29 is 14.3 Å². The number of fused-ring (bicyclic) bond motifs is 2. The summed E-state index contributed by atoms with van der Waals surface area (Å²) in [6, 6.07) is 5.40. The summed E-state index contributed by atoms with van der Waals surface area (Å²) in [6.45, 7) is 6.69. The first-order valence-corrected chi connectivity index (χ1v) is 12.0. The maximum atomic E-state index is 13.3. The molecule has 1 atom stereocenters. The van der Waals surface area contributed by atoms with E-state index in [1.54, 1.807) is 29.0 Å². The molecule has 34 heavy (non-hydrogen) atoms. The zero-order valence-corrected chi connectivity index (χ0v) is 19.7. The lowest BCUT2D eigenvalue weighted by molar-refractivity contribution is 0.00381. The molecular weight excluding hydrogens is 434 g/mol. The Balaban J connectivity index is 1.36. The number of carbonyl (C=O) groups excluding carboxylic acids is 1. The summed E-state index contributed by atoms with van der Waals surface area (Å²) in [5.41, 5.74) is 0.656. The Morgan fingerprint density at radius 3 is 2.85 bits per heavy atom. The summed E-state index contributed by atoms with van der Waals surface area (Å²) in [5, 5.41) is 8.26. The van der Waals surface area contributed by atoms with E-state index in [9.17, 15) is 9.59 Å². The fraction of sp³-hybridized carbons (Fsp3) is 0.520. The number of carbonyl (C=O) groups is 1. The highest BCUT2D eigenvalue weighted by Crippen LogP contribution is 2.55. The number of aromatic nitrogens is 4. The van der Waals surface area contributed by atoms with Gasteiger partial charge in [-0.05, 0) is 51.3 Å². The van der Waals surface area contributed by atoms with Crippen molar-refractivity contribution in [1.29, 1.82) is 0 Å². The van der Waals surface area contributed by atoms with Crippen molar-refractivity contribution >= 4 is 22.6 Å². The second-order valence-corrected chi connectivity index (χ2v) is 10.3. The van der Waals surface area contributed by atoms with Crippen LogP contribution in [-0.2, 0) is 10.3 Å². The molecule has 178 valence electrons. The monoisotopic (exact) mass is 463 g/mol. The van der Waals surface area contributed by atoms with Crippen LogP contribution in [0.5, 0.6) is 5.88 Å². The van der Waals surface area contributed by atoms with Crippen LogP contribution >= 0.6 is 0 Å². The van der Waals surface area contributed by atoms with Crippen LogP contribution in [0.2, 0.25) is 0 Å². The number of nitrogens with one attached hydrogen (secondary N) is 1. The van der Waals surface area contributed by atoms with E-state index in [0.29, 0.717) is 12.3 Å². The average molecular weight is 464 g/mol. The molecule has 2 saturated carbocycles. The van der Waals surface area contributed by atoms with Crippen LogP contribution < -0.4 is 15.6 Å². The second-order valence-electron chi connectivity index (χ2n) is 10.3. The molecule has 9 nitrogen and oxygen atoms in total. The number of ether oxygens (including phenoxy) is 2. The highest BCUT2D eigenvalue weighted by Gasteiger charge is 2.61. The van der Waals surface area contributed by atoms with Crippen molar-refractivity contribution in [3.63, 3.8) is 0 Å². The highest BCUT2D eigenvalue weighted by atomic mass is 16.5. The summed E-state index contributed by atoms with van der Waals surface area (Å²) in [5.74, 6) is -0.202.